The van der Waals surface area contributed by atoms with Crippen molar-refractivity contribution in [3.8, 4) is 0 Å². The summed E-state index contributed by atoms with van der Waals surface area (Å²) in [6.45, 7) is 6.06. The Labute approximate surface area is 202 Å². The molecule has 1 amide bonds. The molecule has 1 heterocycles. The summed E-state index contributed by atoms with van der Waals surface area (Å²) >= 11 is 6.18. The summed E-state index contributed by atoms with van der Waals surface area (Å²) < 4.78 is 0. The maximum absolute atomic E-state index is 11.9. The molecule has 2 aliphatic rings. The average Bonchev–Trinajstić information content (AvgIpc) is 3.52. The molecule has 8 heteroatoms. The van der Waals surface area contributed by atoms with Crippen LogP contribution in [0.2, 0.25) is 5.02 Å². The minimum atomic E-state index is 0. The minimum Gasteiger partial charge on any atom is -0.356 e. The fourth-order valence-electron chi connectivity index (χ4n) is 3.94. The van der Waals surface area contributed by atoms with Crippen LogP contribution in [-0.2, 0) is 10.2 Å². The highest BCUT2D eigenvalue weighted by molar-refractivity contribution is 14.0. The maximum Gasteiger partial charge on any atom is 0.234 e. The Morgan fingerprint density at radius 1 is 1.27 bits per heavy atom. The van der Waals surface area contributed by atoms with Gasteiger partial charge in [0.15, 0.2) is 5.96 Å². The summed E-state index contributed by atoms with van der Waals surface area (Å²) in [4.78, 5) is 18.5. The van der Waals surface area contributed by atoms with Crippen molar-refractivity contribution in [2.24, 2.45) is 4.99 Å². The number of carbonyl (C=O) groups excluding carboxylic acids is 1. The molecule has 1 saturated carbocycles. The normalized spacial score (nSPS) is 19.0. The van der Waals surface area contributed by atoms with E-state index in [0.29, 0.717) is 12.6 Å². The lowest BCUT2D eigenvalue weighted by Crippen LogP contribution is -2.51. The second-order valence-corrected chi connectivity index (χ2v) is 8.70. The SMILES string of the molecule is CCCNC(=O)CN1CCC(NC(=NC)NCC2(c3cccc(Cl)c3)CC2)CC1.I. The molecule has 30 heavy (non-hydrogen) atoms. The quantitative estimate of drug-likeness (QED) is 0.266. The topological polar surface area (TPSA) is 68.8 Å². The fourth-order valence-corrected chi connectivity index (χ4v) is 4.13. The first-order valence-electron chi connectivity index (χ1n) is 10.8. The zero-order valence-corrected chi connectivity index (χ0v) is 21.1. The van der Waals surface area contributed by atoms with Crippen LogP contribution in [0.25, 0.3) is 0 Å². The van der Waals surface area contributed by atoms with E-state index >= 15 is 0 Å². The molecule has 6 nitrogen and oxygen atoms in total. The van der Waals surface area contributed by atoms with Gasteiger partial charge < -0.3 is 16.0 Å². The molecular weight excluding hydrogens is 513 g/mol. The molecule has 3 rings (SSSR count). The van der Waals surface area contributed by atoms with Crippen LogP contribution < -0.4 is 16.0 Å². The standard InChI is InChI=1S/C22H34ClN5O.HI/c1-3-11-25-20(29)15-28-12-7-19(8-13-28)27-21(24-2)26-16-22(9-10-22)17-5-4-6-18(23)14-17;/h4-6,14,19H,3,7-13,15-16H2,1-2H3,(H,25,29)(H2,24,26,27);1H. The van der Waals surface area contributed by atoms with Gasteiger partial charge in [0.25, 0.3) is 0 Å². The Hall–Kier alpha value is -1.06. The van der Waals surface area contributed by atoms with Gasteiger partial charge in [-0.25, -0.2) is 0 Å². The Morgan fingerprint density at radius 2 is 2.00 bits per heavy atom. The molecular formula is C22H35ClIN5O. The third kappa shape index (κ3) is 7.27. The Morgan fingerprint density at radius 3 is 2.60 bits per heavy atom. The number of benzene rings is 1. The van der Waals surface area contributed by atoms with Crippen molar-refractivity contribution in [3.63, 3.8) is 0 Å². The van der Waals surface area contributed by atoms with Crippen molar-refractivity contribution < 1.29 is 4.79 Å². The van der Waals surface area contributed by atoms with Crippen LogP contribution >= 0.6 is 35.6 Å². The van der Waals surface area contributed by atoms with Gasteiger partial charge in [0, 0.05) is 49.7 Å². The first kappa shape index (κ1) is 25.2. The molecule has 168 valence electrons. The van der Waals surface area contributed by atoms with E-state index in [1.54, 1.807) is 0 Å². The van der Waals surface area contributed by atoms with E-state index in [2.05, 4.69) is 44.9 Å². The number of aliphatic imine (C=N–C) groups is 1. The van der Waals surface area contributed by atoms with Crippen molar-refractivity contribution in [2.75, 3.05) is 39.8 Å². The lowest BCUT2D eigenvalue weighted by molar-refractivity contribution is -0.122. The number of likely N-dealkylation sites (tertiary alicyclic amines) is 1. The van der Waals surface area contributed by atoms with Gasteiger partial charge in [0.1, 0.15) is 0 Å². The zero-order valence-electron chi connectivity index (χ0n) is 18.0. The van der Waals surface area contributed by atoms with E-state index < -0.39 is 0 Å². The van der Waals surface area contributed by atoms with Crippen LogP contribution in [0.4, 0.5) is 0 Å². The Balaban J connectivity index is 0.00000320. The van der Waals surface area contributed by atoms with Crippen molar-refractivity contribution in [1.82, 2.24) is 20.9 Å². The monoisotopic (exact) mass is 547 g/mol. The highest BCUT2D eigenvalue weighted by Crippen LogP contribution is 2.48. The van der Waals surface area contributed by atoms with Crippen LogP contribution in [0.3, 0.4) is 0 Å². The number of carbonyl (C=O) groups is 1. The molecule has 2 fully saturated rings. The summed E-state index contributed by atoms with van der Waals surface area (Å²) in [7, 11) is 1.82. The van der Waals surface area contributed by atoms with Crippen LogP contribution in [0.1, 0.15) is 44.6 Å². The van der Waals surface area contributed by atoms with Gasteiger partial charge >= 0.3 is 0 Å². The number of guanidine groups is 1. The van der Waals surface area contributed by atoms with Gasteiger partial charge in [-0.3, -0.25) is 14.7 Å². The minimum absolute atomic E-state index is 0. The summed E-state index contributed by atoms with van der Waals surface area (Å²) in [5, 5.41) is 10.8. The summed E-state index contributed by atoms with van der Waals surface area (Å²) in [5.74, 6) is 0.990. The fraction of sp³-hybridized carbons (Fsp3) is 0.636. The van der Waals surface area contributed by atoms with Crippen LogP contribution in [0.5, 0.6) is 0 Å². The molecule has 0 radical (unpaired) electrons. The van der Waals surface area contributed by atoms with Gasteiger partial charge in [0.2, 0.25) is 5.91 Å². The molecule has 0 bridgehead atoms. The van der Waals surface area contributed by atoms with E-state index in [1.165, 1.54) is 18.4 Å². The van der Waals surface area contributed by atoms with Gasteiger partial charge in [-0.2, -0.15) is 0 Å². The highest BCUT2D eigenvalue weighted by Gasteiger charge is 2.44. The van der Waals surface area contributed by atoms with Crippen molar-refractivity contribution >= 4 is 47.4 Å². The Kier molecular flexibility index (Phi) is 10.2. The zero-order chi connectivity index (χ0) is 20.7. The molecule has 1 aromatic carbocycles. The predicted molar refractivity (Wildman–Crippen MR) is 135 cm³/mol. The van der Waals surface area contributed by atoms with E-state index in [0.717, 1.165) is 56.4 Å². The third-order valence-electron chi connectivity index (χ3n) is 5.98. The largest absolute Gasteiger partial charge is 0.356 e. The van der Waals surface area contributed by atoms with Crippen LogP contribution in [0, 0.1) is 0 Å². The first-order valence-corrected chi connectivity index (χ1v) is 11.1. The van der Waals surface area contributed by atoms with Crippen molar-refractivity contribution in [3.05, 3.63) is 34.9 Å². The maximum atomic E-state index is 11.9. The third-order valence-corrected chi connectivity index (χ3v) is 6.21. The molecule has 0 unspecified atom stereocenters. The highest BCUT2D eigenvalue weighted by atomic mass is 127. The molecule has 3 N–H and O–H groups in total. The van der Waals surface area contributed by atoms with E-state index in [-0.39, 0.29) is 35.3 Å². The Bertz CT molecular complexity index is 717. The number of nitrogens with one attached hydrogen (secondary N) is 3. The summed E-state index contributed by atoms with van der Waals surface area (Å²) in [5.41, 5.74) is 1.49. The van der Waals surface area contributed by atoms with Gasteiger partial charge in [-0.1, -0.05) is 30.7 Å². The van der Waals surface area contributed by atoms with Crippen molar-refractivity contribution in [2.45, 2.75) is 50.5 Å². The molecule has 0 atom stereocenters. The molecule has 0 aromatic heterocycles. The molecule has 1 aliphatic heterocycles. The van der Waals surface area contributed by atoms with Gasteiger partial charge in [-0.15, -0.1) is 24.0 Å². The van der Waals surface area contributed by atoms with E-state index in [9.17, 15) is 4.79 Å². The van der Waals surface area contributed by atoms with Crippen molar-refractivity contribution in [1.29, 1.82) is 0 Å². The van der Waals surface area contributed by atoms with Crippen LogP contribution in [0.15, 0.2) is 29.3 Å². The second kappa shape index (κ2) is 12.1. The number of piperidine rings is 1. The number of halogens is 2. The second-order valence-electron chi connectivity index (χ2n) is 8.26. The van der Waals surface area contributed by atoms with E-state index in [4.69, 9.17) is 11.6 Å². The van der Waals surface area contributed by atoms with E-state index in [1.807, 2.05) is 19.2 Å². The predicted octanol–water partition coefficient (Wildman–Crippen LogP) is 3.15. The summed E-state index contributed by atoms with van der Waals surface area (Å²) in [6, 6.07) is 8.59. The summed E-state index contributed by atoms with van der Waals surface area (Å²) in [6.07, 6.45) is 5.36. The smallest absolute Gasteiger partial charge is 0.234 e. The number of hydrogen-bond donors (Lipinski definition) is 3. The number of hydrogen-bond acceptors (Lipinski definition) is 3. The number of rotatable bonds is 8. The molecule has 0 spiro atoms. The van der Waals surface area contributed by atoms with Gasteiger partial charge in [-0.05, 0) is 49.8 Å². The van der Waals surface area contributed by atoms with Gasteiger partial charge in [0.05, 0.1) is 6.54 Å². The molecule has 1 aromatic rings. The molecule has 1 aliphatic carbocycles. The first-order chi connectivity index (χ1) is 14.0. The lowest BCUT2D eigenvalue weighted by Gasteiger charge is -2.32. The number of nitrogens with zero attached hydrogens (tertiary/aromatic N) is 2. The molecule has 1 saturated heterocycles. The number of amides is 1. The van der Waals surface area contributed by atoms with Crippen LogP contribution in [-0.4, -0.2) is 62.6 Å². The average molecular weight is 548 g/mol. The lowest BCUT2D eigenvalue weighted by atomic mass is 9.96.